The molecule has 0 aliphatic carbocycles. The third-order valence-electron chi connectivity index (χ3n) is 7.03. The molecule has 6 rings (SSSR count). The number of rotatable bonds is 5. The summed E-state index contributed by atoms with van der Waals surface area (Å²) in [4.78, 5) is 20.2. The molecular weight excluding hydrogens is 400 g/mol. The summed E-state index contributed by atoms with van der Waals surface area (Å²) in [6.07, 6.45) is 2.55. The van der Waals surface area contributed by atoms with Gasteiger partial charge in [-0.3, -0.25) is 4.79 Å². The molecule has 6 heteroatoms. The standard InChI is InChI=1S/C26H28N4O2/c31-17-15-21(27-16-17)23(32)11-5-12-29-13-6-14-30-22-10-4-2-8-19(22)24-26(30)25(29)18-7-1-3-9-20(18)28-24/h1-4,7-10,17,21,27,31H,5-6,11-16H2/t17-,21?/m1/s1. The summed E-state index contributed by atoms with van der Waals surface area (Å²) in [5, 5.41) is 15.2. The number of carbonyl (C=O) groups excluding carboxylic acids is 1. The van der Waals surface area contributed by atoms with Crippen LogP contribution in [0.5, 0.6) is 0 Å². The number of aliphatic hydroxyl groups is 1. The Kier molecular flexibility index (Phi) is 4.85. The summed E-state index contributed by atoms with van der Waals surface area (Å²) < 4.78 is 2.44. The maximum atomic E-state index is 12.6. The Morgan fingerprint density at radius 1 is 1.09 bits per heavy atom. The molecule has 2 N–H and O–H groups in total. The zero-order valence-corrected chi connectivity index (χ0v) is 18.1. The number of para-hydroxylation sites is 2. The van der Waals surface area contributed by atoms with Gasteiger partial charge >= 0.3 is 0 Å². The van der Waals surface area contributed by atoms with Gasteiger partial charge in [-0.1, -0.05) is 36.4 Å². The number of ketones is 1. The van der Waals surface area contributed by atoms with Crippen LogP contribution in [0.3, 0.4) is 0 Å². The minimum Gasteiger partial charge on any atom is -0.392 e. The van der Waals surface area contributed by atoms with E-state index in [9.17, 15) is 9.90 Å². The van der Waals surface area contributed by atoms with Crippen molar-refractivity contribution in [2.45, 2.75) is 44.4 Å². The second-order valence-electron chi connectivity index (χ2n) is 9.10. The van der Waals surface area contributed by atoms with E-state index < -0.39 is 6.10 Å². The lowest BCUT2D eigenvalue weighted by molar-refractivity contribution is -0.120. The van der Waals surface area contributed by atoms with Gasteiger partial charge in [0.25, 0.3) is 0 Å². The molecule has 1 saturated heterocycles. The maximum absolute atomic E-state index is 12.6. The second-order valence-corrected chi connectivity index (χ2v) is 9.10. The Bertz CT molecular complexity index is 1330. The van der Waals surface area contributed by atoms with Crippen LogP contribution in [0, 0.1) is 0 Å². The number of aromatic nitrogens is 2. The Labute approximate surface area is 186 Å². The minimum absolute atomic E-state index is 0.190. The molecule has 2 aliphatic rings. The van der Waals surface area contributed by atoms with Crippen LogP contribution in [0.1, 0.15) is 25.7 Å². The maximum Gasteiger partial charge on any atom is 0.149 e. The lowest BCUT2D eigenvalue weighted by Crippen LogP contribution is -2.32. The van der Waals surface area contributed by atoms with Gasteiger partial charge in [0.15, 0.2) is 0 Å². The van der Waals surface area contributed by atoms with Crippen molar-refractivity contribution in [1.29, 1.82) is 0 Å². The van der Waals surface area contributed by atoms with E-state index in [1.807, 2.05) is 0 Å². The van der Waals surface area contributed by atoms with E-state index in [1.165, 1.54) is 27.5 Å². The van der Waals surface area contributed by atoms with Crippen LogP contribution in [0.2, 0.25) is 0 Å². The Balaban J connectivity index is 1.39. The van der Waals surface area contributed by atoms with Crippen molar-refractivity contribution in [3.63, 3.8) is 0 Å². The van der Waals surface area contributed by atoms with E-state index in [0.29, 0.717) is 19.4 Å². The molecular formula is C26H28N4O2. The number of aryl methyl sites for hydroxylation is 1. The number of aliphatic hydroxyl groups excluding tert-OH is 1. The van der Waals surface area contributed by atoms with E-state index in [2.05, 4.69) is 63.3 Å². The molecule has 32 heavy (non-hydrogen) atoms. The van der Waals surface area contributed by atoms with E-state index >= 15 is 0 Å². The summed E-state index contributed by atoms with van der Waals surface area (Å²) >= 11 is 0. The Morgan fingerprint density at radius 3 is 2.75 bits per heavy atom. The van der Waals surface area contributed by atoms with Crippen LogP contribution in [0.25, 0.3) is 32.8 Å². The highest BCUT2D eigenvalue weighted by molar-refractivity contribution is 6.16. The molecule has 2 atom stereocenters. The number of Topliss-reactive ketones (excluding diaryl/α,β-unsaturated/α-hetero) is 1. The molecule has 164 valence electrons. The molecule has 1 fully saturated rings. The molecule has 0 spiro atoms. The van der Waals surface area contributed by atoms with E-state index in [4.69, 9.17) is 4.98 Å². The number of β-amino-alcohol motifs (C(OH)–C–C–N with tert-alkyl or cyclic N) is 1. The number of hydrogen-bond donors (Lipinski definition) is 2. The predicted molar refractivity (Wildman–Crippen MR) is 128 cm³/mol. The van der Waals surface area contributed by atoms with Gasteiger partial charge in [0.05, 0.1) is 39.9 Å². The van der Waals surface area contributed by atoms with Gasteiger partial charge in [-0.25, -0.2) is 4.98 Å². The number of pyridine rings is 1. The first-order valence-electron chi connectivity index (χ1n) is 11.7. The third kappa shape index (κ3) is 3.17. The van der Waals surface area contributed by atoms with E-state index in [1.54, 1.807) is 0 Å². The van der Waals surface area contributed by atoms with Gasteiger partial charge in [0.2, 0.25) is 0 Å². The zero-order chi connectivity index (χ0) is 21.7. The highest BCUT2D eigenvalue weighted by Crippen LogP contribution is 2.40. The summed E-state index contributed by atoms with van der Waals surface area (Å²) in [5.41, 5.74) is 5.80. The quantitative estimate of drug-likeness (QED) is 0.508. The van der Waals surface area contributed by atoms with Gasteiger partial charge in [0, 0.05) is 43.4 Å². The molecule has 2 aliphatic heterocycles. The third-order valence-corrected chi connectivity index (χ3v) is 7.03. The fraction of sp³-hybridized carbons (Fsp3) is 0.385. The fourth-order valence-corrected chi connectivity index (χ4v) is 5.55. The Morgan fingerprint density at radius 2 is 1.91 bits per heavy atom. The molecule has 2 aromatic carbocycles. The molecule has 0 radical (unpaired) electrons. The smallest absolute Gasteiger partial charge is 0.149 e. The van der Waals surface area contributed by atoms with Crippen LogP contribution in [-0.2, 0) is 11.3 Å². The van der Waals surface area contributed by atoms with Gasteiger partial charge < -0.3 is 19.9 Å². The van der Waals surface area contributed by atoms with Crippen molar-refractivity contribution < 1.29 is 9.90 Å². The molecule has 1 unspecified atom stereocenters. The highest BCUT2D eigenvalue weighted by Gasteiger charge is 2.28. The van der Waals surface area contributed by atoms with E-state index in [-0.39, 0.29) is 11.8 Å². The number of fused-ring (bicyclic) bond motifs is 5. The van der Waals surface area contributed by atoms with Crippen molar-refractivity contribution >= 4 is 44.3 Å². The van der Waals surface area contributed by atoms with Crippen LogP contribution < -0.4 is 10.2 Å². The van der Waals surface area contributed by atoms with E-state index in [0.717, 1.165) is 43.5 Å². The lowest BCUT2D eigenvalue weighted by atomic mass is 10.0. The number of hydrogen-bond acceptors (Lipinski definition) is 5. The molecule has 2 aromatic heterocycles. The minimum atomic E-state index is -0.395. The molecule has 4 heterocycles. The lowest BCUT2D eigenvalue weighted by Gasteiger charge is -2.25. The summed E-state index contributed by atoms with van der Waals surface area (Å²) in [6, 6.07) is 16.8. The van der Waals surface area contributed by atoms with Gasteiger partial charge in [-0.2, -0.15) is 0 Å². The number of carbonyl (C=O) groups is 1. The van der Waals surface area contributed by atoms with Crippen LogP contribution >= 0.6 is 0 Å². The van der Waals surface area contributed by atoms with Crippen molar-refractivity contribution in [1.82, 2.24) is 14.9 Å². The summed E-state index contributed by atoms with van der Waals surface area (Å²) in [5.74, 6) is 0.218. The van der Waals surface area contributed by atoms with Crippen molar-refractivity contribution in [2.75, 3.05) is 24.5 Å². The number of nitrogens with zero attached hydrogens (tertiary/aromatic N) is 3. The summed E-state index contributed by atoms with van der Waals surface area (Å²) in [6.45, 7) is 3.30. The predicted octanol–water partition coefficient (Wildman–Crippen LogP) is 3.62. The van der Waals surface area contributed by atoms with Gasteiger partial charge in [-0.05, 0) is 31.4 Å². The first kappa shape index (κ1) is 19.7. The number of benzene rings is 2. The zero-order valence-electron chi connectivity index (χ0n) is 18.1. The topological polar surface area (TPSA) is 70.4 Å². The Hall–Kier alpha value is -2.96. The van der Waals surface area contributed by atoms with Gasteiger partial charge in [0.1, 0.15) is 5.78 Å². The molecule has 0 saturated carbocycles. The monoisotopic (exact) mass is 428 g/mol. The van der Waals surface area contributed by atoms with Crippen LogP contribution in [0.15, 0.2) is 48.5 Å². The molecule has 0 bridgehead atoms. The first-order chi connectivity index (χ1) is 15.7. The molecule has 6 nitrogen and oxygen atoms in total. The average Bonchev–Trinajstić information content (AvgIpc) is 3.32. The molecule has 4 aromatic rings. The van der Waals surface area contributed by atoms with Crippen LogP contribution in [0.4, 0.5) is 5.69 Å². The molecule has 0 amide bonds. The SMILES string of the molecule is O=C(CCCN1CCCn2c3ccccc3c3nc4ccccc4c1c32)C1C[C@@H](O)CN1. The largest absolute Gasteiger partial charge is 0.392 e. The van der Waals surface area contributed by atoms with Crippen molar-refractivity contribution in [3.8, 4) is 0 Å². The van der Waals surface area contributed by atoms with Crippen LogP contribution in [-0.4, -0.2) is 52.2 Å². The van der Waals surface area contributed by atoms with Crippen molar-refractivity contribution in [2.24, 2.45) is 0 Å². The fourth-order valence-electron chi connectivity index (χ4n) is 5.55. The normalized spacial score (nSPS) is 21.0. The van der Waals surface area contributed by atoms with Crippen molar-refractivity contribution in [3.05, 3.63) is 48.5 Å². The summed E-state index contributed by atoms with van der Waals surface area (Å²) in [7, 11) is 0. The number of anilines is 1. The van der Waals surface area contributed by atoms with Gasteiger partial charge in [-0.15, -0.1) is 0 Å². The average molecular weight is 429 g/mol. The number of nitrogens with one attached hydrogen (secondary N) is 1. The second kappa shape index (κ2) is 7.87. The highest BCUT2D eigenvalue weighted by atomic mass is 16.3. The first-order valence-corrected chi connectivity index (χ1v) is 11.7.